The van der Waals surface area contributed by atoms with Crippen LogP contribution in [0.5, 0.6) is 11.5 Å². The predicted octanol–water partition coefficient (Wildman–Crippen LogP) is 9.71. The van der Waals surface area contributed by atoms with Crippen LogP contribution in [0.3, 0.4) is 0 Å². The lowest BCUT2D eigenvalue weighted by Crippen LogP contribution is -2.34. The molecule has 0 amide bonds. The molecule has 7 rings (SSSR count). The number of methoxy groups -OCH3 is 4. The van der Waals surface area contributed by atoms with Crippen LogP contribution in [-0.4, -0.2) is 49.6 Å². The molecule has 0 radical (unpaired) electrons. The standard InChI is InChI=1S/C32H24F2N4O6S4/c1-39-31(33,40-2)43-19-9-5-17(6-10-19)21-13-15-23(45-21)25-27-29(37-47-35-27)26(30-28(25)36-48-38-30)24-16-14-22(46-24)18-7-11-20(12-8-18)44-32(34,41-3)42-4/h5-16H,1-4H3. The van der Waals surface area contributed by atoms with Gasteiger partial charge in [-0.2, -0.15) is 17.5 Å². The highest BCUT2D eigenvalue weighted by atomic mass is 32.1. The maximum atomic E-state index is 14.3. The van der Waals surface area contributed by atoms with Crippen LogP contribution in [0, 0.1) is 0 Å². The second-order valence-corrected chi connectivity index (χ2v) is 13.3. The van der Waals surface area contributed by atoms with Crippen molar-refractivity contribution in [3.05, 3.63) is 72.8 Å². The molecule has 3 aromatic heterocycles. The first-order chi connectivity index (χ1) is 23.3. The third-order valence-electron chi connectivity index (χ3n) is 7.36. The van der Waals surface area contributed by atoms with Crippen molar-refractivity contribution in [3.63, 3.8) is 0 Å². The normalized spacial score (nSPS) is 12.8. The largest absolute Gasteiger partial charge is 0.497 e. The van der Waals surface area contributed by atoms with Crippen molar-refractivity contribution in [3.8, 4) is 53.3 Å². The van der Waals surface area contributed by atoms with Crippen molar-refractivity contribution >= 4 is 68.2 Å². The number of fused-ring (bicyclic) bond motifs is 2. The molecule has 16 heteroatoms. The van der Waals surface area contributed by atoms with Gasteiger partial charge >= 0.3 is 12.5 Å². The number of halogens is 2. The topological polar surface area (TPSA) is 106 Å². The van der Waals surface area contributed by atoms with Crippen molar-refractivity contribution in [1.29, 1.82) is 0 Å². The van der Waals surface area contributed by atoms with Crippen molar-refractivity contribution in [2.75, 3.05) is 28.4 Å². The zero-order chi connectivity index (χ0) is 33.5. The number of rotatable bonds is 12. The van der Waals surface area contributed by atoms with E-state index in [0.29, 0.717) is 0 Å². The van der Waals surface area contributed by atoms with Crippen molar-refractivity contribution in [2.45, 2.75) is 12.5 Å². The summed E-state index contributed by atoms with van der Waals surface area (Å²) in [6.07, 6.45) is -5.34. The maximum absolute atomic E-state index is 14.3. The predicted molar refractivity (Wildman–Crippen MR) is 183 cm³/mol. The molecule has 0 unspecified atom stereocenters. The molecule has 3 aromatic carbocycles. The molecule has 10 nitrogen and oxygen atoms in total. The molecule has 0 spiro atoms. The number of hydrogen-bond donors (Lipinski definition) is 0. The Kier molecular flexibility index (Phi) is 8.90. The summed E-state index contributed by atoms with van der Waals surface area (Å²) in [6, 6.07) is 22.0. The van der Waals surface area contributed by atoms with E-state index < -0.39 is 12.5 Å². The monoisotopic (exact) mass is 726 g/mol. The van der Waals surface area contributed by atoms with E-state index in [2.05, 4.69) is 18.9 Å². The lowest BCUT2D eigenvalue weighted by Gasteiger charge is -2.21. The summed E-state index contributed by atoms with van der Waals surface area (Å²) >= 11 is 5.43. The summed E-state index contributed by atoms with van der Waals surface area (Å²) < 4.78 is 76.5. The van der Waals surface area contributed by atoms with Crippen molar-refractivity contribution in [2.24, 2.45) is 8.73 Å². The summed E-state index contributed by atoms with van der Waals surface area (Å²) in [5, 5.41) is 0. The van der Waals surface area contributed by atoms with Crippen LogP contribution < -0.4 is 9.47 Å². The third kappa shape index (κ3) is 6.05. The Balaban J connectivity index is 1.20. The van der Waals surface area contributed by atoms with Gasteiger partial charge in [-0.3, -0.25) is 18.9 Å². The zero-order valence-corrected chi connectivity index (χ0v) is 28.8. The highest BCUT2D eigenvalue weighted by Crippen LogP contribution is 2.54. The number of aromatic nitrogens is 2. The molecule has 1 aliphatic rings. The van der Waals surface area contributed by atoms with Gasteiger partial charge in [-0.25, -0.2) is 0 Å². The van der Waals surface area contributed by atoms with Gasteiger partial charge in [0.15, 0.2) is 0 Å². The van der Waals surface area contributed by atoms with Gasteiger partial charge in [-0.15, -0.1) is 31.5 Å². The van der Waals surface area contributed by atoms with Gasteiger partial charge < -0.3 is 9.47 Å². The highest BCUT2D eigenvalue weighted by molar-refractivity contribution is 7.58. The van der Waals surface area contributed by atoms with E-state index in [1.807, 2.05) is 48.5 Å². The zero-order valence-electron chi connectivity index (χ0n) is 25.6. The smallest absolute Gasteiger partial charge is 0.413 e. The molecule has 0 aliphatic carbocycles. The van der Waals surface area contributed by atoms with Crippen LogP contribution in [-0.2, 0) is 30.3 Å². The van der Waals surface area contributed by atoms with E-state index in [-0.39, 0.29) is 11.5 Å². The van der Waals surface area contributed by atoms with Gasteiger partial charge in [0.2, 0.25) is 0 Å². The van der Waals surface area contributed by atoms with Gasteiger partial charge in [0.05, 0.1) is 23.1 Å². The SMILES string of the molecule is COC(F)(OC)Oc1ccc(-c2ccc(-c3c4c(c(-c5ccc(-c6ccc(OC(F)(OC)OC)cc6)s5)c5nsnc35)N=S=N4)s2)cc1. The molecule has 6 aromatic rings. The Morgan fingerprint density at radius 1 is 0.521 bits per heavy atom. The summed E-state index contributed by atoms with van der Waals surface area (Å²) in [5.41, 5.74) is 6.55. The summed E-state index contributed by atoms with van der Waals surface area (Å²) in [5.74, 6) is 0.505. The van der Waals surface area contributed by atoms with E-state index in [1.165, 1.54) is 0 Å². The Hall–Kier alpha value is -4.00. The first-order valence-corrected chi connectivity index (χ1v) is 17.1. The number of thiophene rings is 2. The van der Waals surface area contributed by atoms with Gasteiger partial charge in [-0.1, -0.05) is 0 Å². The van der Waals surface area contributed by atoms with E-state index in [0.717, 1.165) is 116 Å². The minimum atomic E-state index is -2.67. The van der Waals surface area contributed by atoms with E-state index in [1.54, 1.807) is 46.9 Å². The first kappa shape index (κ1) is 32.5. The lowest BCUT2D eigenvalue weighted by atomic mass is 10.0. The fourth-order valence-corrected chi connectivity index (χ4v) is 8.20. The summed E-state index contributed by atoms with van der Waals surface area (Å²) in [7, 11) is 4.62. The fourth-order valence-electron chi connectivity index (χ4n) is 4.97. The molecule has 0 saturated heterocycles. The van der Waals surface area contributed by atoms with E-state index >= 15 is 0 Å². The summed E-state index contributed by atoms with van der Waals surface area (Å²) in [6.45, 7) is 0. The minimum Gasteiger partial charge on any atom is -0.413 e. The molecule has 1 aliphatic heterocycles. The van der Waals surface area contributed by atoms with Crippen LogP contribution in [0.4, 0.5) is 20.2 Å². The molecule has 246 valence electrons. The number of ether oxygens (including phenoxy) is 6. The molecule has 0 saturated carbocycles. The average Bonchev–Trinajstić information content (AvgIpc) is 3.95. The van der Waals surface area contributed by atoms with E-state index in [9.17, 15) is 8.78 Å². The quantitative estimate of drug-likeness (QED) is 0.115. The van der Waals surface area contributed by atoms with Crippen LogP contribution >= 0.6 is 34.4 Å². The van der Waals surface area contributed by atoms with Crippen LogP contribution in [0.2, 0.25) is 0 Å². The molecule has 4 heterocycles. The third-order valence-corrected chi connectivity index (χ3v) is 10.7. The Morgan fingerprint density at radius 2 is 0.896 bits per heavy atom. The van der Waals surface area contributed by atoms with Gasteiger partial charge in [-0.05, 0) is 83.9 Å². The minimum absolute atomic E-state index is 0.252. The molecule has 48 heavy (non-hydrogen) atoms. The number of hydrogen-bond acceptors (Lipinski definition) is 13. The molecule has 0 bridgehead atoms. The molecule has 0 atom stereocenters. The number of alkyl halides is 2. The number of benzene rings is 3. The van der Waals surface area contributed by atoms with Crippen LogP contribution in [0.25, 0.3) is 52.8 Å². The lowest BCUT2D eigenvalue weighted by molar-refractivity contribution is -0.399. The Labute approximate surface area is 288 Å². The van der Waals surface area contributed by atoms with Crippen molar-refractivity contribution < 1.29 is 37.2 Å². The molecular weight excluding hydrogens is 703 g/mol. The fraction of sp³-hybridized carbons (Fsp3) is 0.188. The molecule has 0 N–H and O–H groups in total. The molecular formula is C32H24F2N4O6S4. The van der Waals surface area contributed by atoms with Gasteiger partial charge in [0.25, 0.3) is 0 Å². The average molecular weight is 727 g/mol. The first-order valence-electron chi connectivity index (χ1n) is 14.0. The second kappa shape index (κ2) is 13.1. The second-order valence-electron chi connectivity index (χ2n) is 10.0. The maximum Gasteiger partial charge on any atom is 0.497 e. The number of nitrogens with zero attached hydrogens (tertiary/aromatic N) is 4. The van der Waals surface area contributed by atoms with Crippen molar-refractivity contribution in [1.82, 2.24) is 8.75 Å². The Bertz CT molecular complexity index is 2020. The van der Waals surface area contributed by atoms with E-state index in [4.69, 9.17) is 26.9 Å². The van der Waals surface area contributed by atoms with Gasteiger partial charge in [0, 0.05) is 59.1 Å². The van der Waals surface area contributed by atoms with Crippen LogP contribution in [0.15, 0.2) is 81.5 Å². The highest BCUT2D eigenvalue weighted by Gasteiger charge is 2.34. The Morgan fingerprint density at radius 3 is 1.27 bits per heavy atom. The summed E-state index contributed by atoms with van der Waals surface area (Å²) in [4.78, 5) is 3.89. The molecule has 0 fully saturated rings. The van der Waals surface area contributed by atoms with Crippen LogP contribution in [0.1, 0.15) is 0 Å². The van der Waals surface area contributed by atoms with Gasteiger partial charge in [0.1, 0.15) is 33.9 Å².